The summed E-state index contributed by atoms with van der Waals surface area (Å²) in [4.78, 5) is 14.9. The van der Waals surface area contributed by atoms with Crippen molar-refractivity contribution in [3.63, 3.8) is 0 Å². The summed E-state index contributed by atoms with van der Waals surface area (Å²) < 4.78 is 73.6. The van der Waals surface area contributed by atoms with E-state index in [1.165, 1.54) is 31.4 Å². The number of nitrogens with zero attached hydrogens (tertiary/aromatic N) is 2. The minimum Gasteiger partial charge on any atom is -0.483 e. The van der Waals surface area contributed by atoms with Crippen molar-refractivity contribution in [1.29, 1.82) is 0 Å². The van der Waals surface area contributed by atoms with Crippen LogP contribution in [-0.4, -0.2) is 63.3 Å². The van der Waals surface area contributed by atoms with E-state index in [9.17, 15) is 21.6 Å². The largest absolute Gasteiger partial charge is 0.483 e. The van der Waals surface area contributed by atoms with Gasteiger partial charge in [-0.3, -0.25) is 9.52 Å². The molecule has 0 unspecified atom stereocenters. The lowest BCUT2D eigenvalue weighted by Crippen LogP contribution is -2.28. The summed E-state index contributed by atoms with van der Waals surface area (Å²) in [5.41, 5.74) is 0.269. The first kappa shape index (κ1) is 25.8. The van der Waals surface area contributed by atoms with Crippen LogP contribution in [0.25, 0.3) is 0 Å². The summed E-state index contributed by atoms with van der Waals surface area (Å²) in [5.74, 6) is 0.164. The number of carboxylic acid groups (broad SMARTS) is 1. The molecule has 34 heavy (non-hydrogen) atoms. The minimum absolute atomic E-state index is 0.0219. The molecular weight excluding hydrogens is 475 g/mol. The summed E-state index contributed by atoms with van der Waals surface area (Å²) in [7, 11) is -0.603. The van der Waals surface area contributed by atoms with Crippen LogP contribution in [-0.2, 0) is 33.1 Å². The van der Waals surface area contributed by atoms with E-state index in [-0.39, 0.29) is 41.3 Å². The number of sulfonamides is 1. The molecule has 1 aliphatic carbocycles. The van der Waals surface area contributed by atoms with Crippen LogP contribution in [0.1, 0.15) is 29.7 Å². The molecule has 0 bridgehead atoms. The molecule has 2 N–H and O–H groups in total. The van der Waals surface area contributed by atoms with E-state index in [1.54, 1.807) is 6.07 Å². The quantitative estimate of drug-likeness (QED) is 0.606. The number of rotatable bonds is 5. The van der Waals surface area contributed by atoms with Gasteiger partial charge in [-0.1, -0.05) is 12.1 Å². The van der Waals surface area contributed by atoms with Crippen molar-refractivity contribution in [2.24, 2.45) is 0 Å². The Balaban J connectivity index is 0.00000103. The number of hydrogen-bond acceptors (Lipinski definition) is 6. The number of fused-ring (bicyclic) bond motifs is 1. The number of methoxy groups -OCH3 is 1. The van der Waals surface area contributed by atoms with Gasteiger partial charge in [0, 0.05) is 25.2 Å². The van der Waals surface area contributed by atoms with E-state index in [0.717, 1.165) is 37.2 Å². The Kier molecular flexibility index (Phi) is 7.41. The van der Waals surface area contributed by atoms with Crippen LogP contribution in [0.4, 0.5) is 18.9 Å². The molecule has 1 aromatic carbocycles. The molecule has 8 nitrogen and oxygen atoms in total. The first-order chi connectivity index (χ1) is 16.0. The predicted octanol–water partition coefficient (Wildman–Crippen LogP) is 3.22. The first-order valence-electron chi connectivity index (χ1n) is 10.5. The number of aromatic nitrogens is 1. The molecule has 0 radical (unpaired) electrons. The van der Waals surface area contributed by atoms with Crippen molar-refractivity contribution in [2.75, 3.05) is 32.0 Å². The van der Waals surface area contributed by atoms with Crippen molar-refractivity contribution < 1.29 is 36.2 Å². The molecule has 1 fully saturated rings. The Bertz CT molecular complexity index is 1130. The van der Waals surface area contributed by atoms with Crippen LogP contribution in [0.15, 0.2) is 35.2 Å². The number of benzene rings is 1. The fourth-order valence-corrected chi connectivity index (χ4v) is 5.02. The zero-order valence-electron chi connectivity index (χ0n) is 18.7. The summed E-state index contributed by atoms with van der Waals surface area (Å²) in [6.07, 6.45) is -2.84. The fourth-order valence-electron chi connectivity index (χ4n) is 3.97. The number of ether oxygens (including phenoxy) is 1. The molecule has 2 aromatic rings. The molecule has 0 amide bonds. The molecule has 0 atom stereocenters. The zero-order valence-corrected chi connectivity index (χ0v) is 19.5. The highest BCUT2D eigenvalue weighted by Gasteiger charge is 2.64. The molecule has 1 aliphatic heterocycles. The highest BCUT2D eigenvalue weighted by Crippen LogP contribution is 2.58. The molecule has 1 saturated carbocycles. The average molecular weight is 502 g/mol. The van der Waals surface area contributed by atoms with E-state index in [2.05, 4.69) is 14.6 Å². The SMILES string of the molecule is COc1nc2c(cc1NS(=O)(=O)c1ccc(C3(C(F)(F)F)CC3)cc1)CCN(C)CC2.O=CO. The topological polar surface area (TPSA) is 109 Å². The second-order valence-electron chi connectivity index (χ2n) is 8.27. The Labute approximate surface area is 195 Å². The smallest absolute Gasteiger partial charge is 0.398 e. The maximum Gasteiger partial charge on any atom is 0.398 e. The lowest BCUT2D eigenvalue weighted by atomic mass is 9.95. The molecule has 186 valence electrons. The Hall–Kier alpha value is -2.86. The second kappa shape index (κ2) is 9.79. The minimum atomic E-state index is -4.35. The third-order valence-electron chi connectivity index (χ3n) is 6.10. The summed E-state index contributed by atoms with van der Waals surface area (Å²) in [6, 6.07) is 6.65. The summed E-state index contributed by atoms with van der Waals surface area (Å²) in [5, 5.41) is 6.89. The van der Waals surface area contributed by atoms with Gasteiger partial charge >= 0.3 is 6.18 Å². The number of anilines is 1. The molecular formula is C22H26F3N3O5S. The molecule has 4 rings (SSSR count). The van der Waals surface area contributed by atoms with Crippen LogP contribution >= 0.6 is 0 Å². The van der Waals surface area contributed by atoms with Crippen molar-refractivity contribution in [1.82, 2.24) is 9.88 Å². The molecule has 12 heteroatoms. The maximum atomic E-state index is 13.3. The number of pyridine rings is 1. The van der Waals surface area contributed by atoms with Crippen molar-refractivity contribution in [2.45, 2.75) is 42.2 Å². The van der Waals surface area contributed by atoms with E-state index in [0.29, 0.717) is 0 Å². The third-order valence-corrected chi connectivity index (χ3v) is 7.48. The lowest BCUT2D eigenvalue weighted by molar-refractivity contribution is -0.160. The van der Waals surface area contributed by atoms with E-state index < -0.39 is 21.6 Å². The maximum absolute atomic E-state index is 13.3. The second-order valence-corrected chi connectivity index (χ2v) is 9.95. The van der Waals surface area contributed by atoms with Gasteiger partial charge in [0.1, 0.15) is 5.69 Å². The number of carbonyl (C=O) groups is 1. The molecule has 0 saturated heterocycles. The predicted molar refractivity (Wildman–Crippen MR) is 119 cm³/mol. The Morgan fingerprint density at radius 2 is 1.76 bits per heavy atom. The van der Waals surface area contributed by atoms with Crippen LogP contribution in [0.5, 0.6) is 5.88 Å². The summed E-state index contributed by atoms with van der Waals surface area (Å²) >= 11 is 0. The van der Waals surface area contributed by atoms with Gasteiger partial charge in [0.15, 0.2) is 0 Å². The number of likely N-dealkylation sites (N-methyl/N-ethyl adjacent to an activating group) is 1. The zero-order chi connectivity index (χ0) is 25.1. The van der Waals surface area contributed by atoms with Gasteiger partial charge in [0.2, 0.25) is 5.88 Å². The van der Waals surface area contributed by atoms with Gasteiger partial charge < -0.3 is 14.7 Å². The molecule has 1 aromatic heterocycles. The van der Waals surface area contributed by atoms with Gasteiger partial charge in [-0.2, -0.15) is 13.2 Å². The van der Waals surface area contributed by atoms with Crippen LogP contribution in [0.3, 0.4) is 0 Å². The van der Waals surface area contributed by atoms with Crippen molar-refractivity contribution in [3.8, 4) is 5.88 Å². The molecule has 2 aliphatic rings. The summed E-state index contributed by atoms with van der Waals surface area (Å²) in [6.45, 7) is 1.43. The standard InChI is InChI=1S/C21H24F3N3O3S.CH2O2/c1-27-11-7-14-13-18(19(30-2)25-17(14)8-12-27)26-31(28,29)16-5-3-15(4-6-16)20(9-10-20)21(22,23)24;2-1-3/h3-6,13,26H,7-12H2,1-2H3;1H,(H,2,3). The van der Waals surface area contributed by atoms with E-state index >= 15 is 0 Å². The van der Waals surface area contributed by atoms with Crippen molar-refractivity contribution >= 4 is 22.2 Å². The highest BCUT2D eigenvalue weighted by atomic mass is 32.2. The molecule has 0 spiro atoms. The third kappa shape index (κ3) is 5.27. The number of nitrogens with one attached hydrogen (secondary N) is 1. The Morgan fingerprint density at radius 3 is 2.29 bits per heavy atom. The lowest BCUT2D eigenvalue weighted by Gasteiger charge is -2.20. The van der Waals surface area contributed by atoms with Gasteiger partial charge in [-0.25, -0.2) is 13.4 Å². The van der Waals surface area contributed by atoms with Crippen LogP contribution in [0.2, 0.25) is 0 Å². The average Bonchev–Trinajstić information content (AvgIpc) is 3.60. The van der Waals surface area contributed by atoms with Crippen molar-refractivity contribution in [3.05, 3.63) is 47.2 Å². The van der Waals surface area contributed by atoms with Crippen LogP contribution < -0.4 is 9.46 Å². The normalized spacial score (nSPS) is 17.4. The van der Waals surface area contributed by atoms with E-state index in [1.807, 2.05) is 7.05 Å². The van der Waals surface area contributed by atoms with Gasteiger partial charge in [-0.05, 0) is 55.6 Å². The van der Waals surface area contributed by atoms with Gasteiger partial charge in [0.05, 0.1) is 17.4 Å². The number of halogens is 3. The van der Waals surface area contributed by atoms with Gasteiger partial charge in [0.25, 0.3) is 16.5 Å². The van der Waals surface area contributed by atoms with Gasteiger partial charge in [-0.15, -0.1) is 0 Å². The molecule has 2 heterocycles. The highest BCUT2D eigenvalue weighted by molar-refractivity contribution is 7.92. The number of alkyl halides is 3. The van der Waals surface area contributed by atoms with E-state index in [4.69, 9.17) is 14.6 Å². The monoisotopic (exact) mass is 501 g/mol. The first-order valence-corrected chi connectivity index (χ1v) is 12.0. The van der Waals surface area contributed by atoms with Crippen LogP contribution in [0, 0.1) is 0 Å². The number of hydrogen-bond donors (Lipinski definition) is 2. The fraction of sp³-hybridized carbons (Fsp3) is 0.455. The Morgan fingerprint density at radius 1 is 1.18 bits per heavy atom.